The summed E-state index contributed by atoms with van der Waals surface area (Å²) < 4.78 is 24.6. The average Bonchev–Trinajstić information content (AvgIpc) is 2.52. The highest BCUT2D eigenvalue weighted by atomic mass is 35.5. The van der Waals surface area contributed by atoms with Crippen LogP contribution in [0, 0.1) is 24.0 Å². The van der Waals surface area contributed by atoms with Gasteiger partial charge in [-0.15, -0.1) is 0 Å². The predicted molar refractivity (Wildman–Crippen MR) is 91.4 cm³/mol. The molecule has 2 aromatic carbocycles. The van der Waals surface area contributed by atoms with Crippen molar-refractivity contribution in [2.45, 2.75) is 18.7 Å². The second-order valence-corrected chi connectivity index (χ2v) is 7.29. The summed E-state index contributed by atoms with van der Waals surface area (Å²) in [6.07, 6.45) is 0.879. The zero-order chi connectivity index (χ0) is 18.8. The van der Waals surface area contributed by atoms with Crippen molar-refractivity contribution in [2.75, 3.05) is 0 Å². The molecule has 0 aromatic heterocycles. The van der Waals surface area contributed by atoms with Gasteiger partial charge in [-0.2, -0.15) is 13.5 Å². The summed E-state index contributed by atoms with van der Waals surface area (Å²) >= 11 is 5.73. The Balaban J connectivity index is 2.32. The Labute approximate surface area is 149 Å². The number of hydrogen-bond donors (Lipinski definition) is 1. The molecule has 0 atom stereocenters. The molecule has 0 spiro atoms. The summed E-state index contributed by atoms with van der Waals surface area (Å²) in [5.41, 5.74) is 0.354. The molecule has 0 aliphatic carbocycles. The minimum Gasteiger partial charge on any atom is -0.867 e. The molecule has 0 bridgehead atoms. The van der Waals surface area contributed by atoms with Gasteiger partial charge in [-0.25, -0.2) is 4.83 Å². The average molecular weight is 383 g/mol. The zero-order valence-corrected chi connectivity index (χ0v) is 14.8. The van der Waals surface area contributed by atoms with Crippen LogP contribution in [-0.4, -0.2) is 19.6 Å². The molecule has 0 aliphatic rings. The van der Waals surface area contributed by atoms with Crippen LogP contribution in [0.1, 0.15) is 16.7 Å². The molecule has 0 aliphatic heterocycles. The fourth-order valence-corrected chi connectivity index (χ4v) is 3.39. The van der Waals surface area contributed by atoms with Crippen LogP contribution in [0.4, 0.5) is 5.69 Å². The summed E-state index contributed by atoms with van der Waals surface area (Å²) in [5.74, 6) is -0.913. The first-order valence-electron chi connectivity index (χ1n) is 6.89. The number of nitro groups is 1. The molecule has 0 radical (unpaired) electrons. The molecule has 8 nitrogen and oxygen atoms in total. The zero-order valence-electron chi connectivity index (χ0n) is 13.2. The second kappa shape index (κ2) is 7.08. The normalized spacial score (nSPS) is 11.6. The molecular weight excluding hydrogens is 370 g/mol. The predicted octanol–water partition coefficient (Wildman–Crippen LogP) is 2.25. The van der Waals surface area contributed by atoms with Crippen molar-refractivity contribution in [2.24, 2.45) is 5.10 Å². The summed E-state index contributed by atoms with van der Waals surface area (Å²) in [5, 5.41) is 26.2. The molecule has 132 valence electrons. The highest BCUT2D eigenvalue weighted by Gasteiger charge is 2.16. The molecule has 10 heteroatoms. The summed E-state index contributed by atoms with van der Waals surface area (Å²) in [7, 11) is -3.95. The minimum absolute atomic E-state index is 0.0369. The Hall–Kier alpha value is -2.65. The molecule has 0 saturated heterocycles. The van der Waals surface area contributed by atoms with E-state index in [2.05, 4.69) is 5.10 Å². The van der Waals surface area contributed by atoms with E-state index in [0.29, 0.717) is 5.56 Å². The molecule has 1 N–H and O–H groups in total. The highest BCUT2D eigenvalue weighted by molar-refractivity contribution is 7.89. The van der Waals surface area contributed by atoms with Gasteiger partial charge in [0, 0.05) is 11.1 Å². The molecule has 2 aromatic rings. The summed E-state index contributed by atoms with van der Waals surface area (Å²) in [4.78, 5) is 12.0. The van der Waals surface area contributed by atoms with E-state index in [4.69, 9.17) is 11.6 Å². The Morgan fingerprint density at radius 1 is 1.24 bits per heavy atom. The van der Waals surface area contributed by atoms with E-state index in [9.17, 15) is 23.6 Å². The van der Waals surface area contributed by atoms with Crippen molar-refractivity contribution in [3.8, 4) is 5.75 Å². The fourth-order valence-electron chi connectivity index (χ4n) is 2.04. The lowest BCUT2D eigenvalue weighted by molar-refractivity contribution is -0.398. The van der Waals surface area contributed by atoms with Gasteiger partial charge in [-0.3, -0.25) is 10.1 Å². The third-order valence-corrected chi connectivity index (χ3v) is 4.85. The molecule has 0 unspecified atom stereocenters. The highest BCUT2D eigenvalue weighted by Crippen LogP contribution is 2.30. The van der Waals surface area contributed by atoms with E-state index in [1.807, 2.05) is 4.83 Å². The number of sulfonamides is 1. The number of nitro benzene ring substituents is 1. The molecule has 0 saturated carbocycles. The quantitative estimate of drug-likeness (QED) is 0.482. The maximum atomic E-state index is 12.3. The van der Waals surface area contributed by atoms with Gasteiger partial charge in [0.1, 0.15) is 0 Å². The first kappa shape index (κ1) is 18.7. The SMILES string of the molecule is Cc1ccc(C)c(S(=O)(=O)N/N=C\c2cc(Cl)cc([N+](=O)[O-])c2[O-])c1. The van der Waals surface area contributed by atoms with E-state index in [1.165, 1.54) is 6.07 Å². The Morgan fingerprint density at radius 2 is 1.92 bits per heavy atom. The van der Waals surface area contributed by atoms with Gasteiger partial charge >= 0.3 is 0 Å². The van der Waals surface area contributed by atoms with Gasteiger partial charge in [-0.05, 0) is 48.4 Å². The van der Waals surface area contributed by atoms with Crippen LogP contribution >= 0.6 is 11.6 Å². The standard InChI is InChI=1S/C15H14ClN3O5S/c1-9-3-4-10(2)14(5-9)25(23,24)18-17-8-11-6-12(16)7-13(15(11)20)19(21)22/h3-8,18,20H,1-2H3/p-1/b17-8-. The number of benzene rings is 2. The minimum atomic E-state index is -3.95. The molecule has 0 fully saturated rings. The smallest absolute Gasteiger partial charge is 0.276 e. The summed E-state index contributed by atoms with van der Waals surface area (Å²) in [6.45, 7) is 3.38. The summed E-state index contributed by atoms with van der Waals surface area (Å²) in [6, 6.07) is 6.99. The second-order valence-electron chi connectivity index (χ2n) is 5.22. The van der Waals surface area contributed by atoms with E-state index < -0.39 is 26.4 Å². The van der Waals surface area contributed by atoms with Crippen LogP contribution in [0.3, 0.4) is 0 Å². The van der Waals surface area contributed by atoms with E-state index in [-0.39, 0.29) is 15.5 Å². The Kier molecular flexibility index (Phi) is 5.29. The van der Waals surface area contributed by atoms with Gasteiger partial charge < -0.3 is 5.11 Å². The molecular formula is C15H13ClN3O5S-. The number of rotatable bonds is 5. The molecule has 0 amide bonds. The molecule has 25 heavy (non-hydrogen) atoms. The maximum absolute atomic E-state index is 12.3. The number of aryl methyl sites for hydroxylation is 2. The topological polar surface area (TPSA) is 125 Å². The van der Waals surface area contributed by atoms with Crippen molar-refractivity contribution in [1.29, 1.82) is 0 Å². The number of nitrogens with zero attached hydrogens (tertiary/aromatic N) is 2. The lowest BCUT2D eigenvalue weighted by Gasteiger charge is -2.11. The fraction of sp³-hybridized carbons (Fsp3) is 0.133. The third-order valence-electron chi connectivity index (χ3n) is 3.27. The molecule has 2 rings (SSSR count). The van der Waals surface area contributed by atoms with Crippen molar-refractivity contribution < 1.29 is 18.4 Å². The van der Waals surface area contributed by atoms with Gasteiger partial charge in [0.25, 0.3) is 15.7 Å². The van der Waals surface area contributed by atoms with Crippen LogP contribution in [-0.2, 0) is 10.0 Å². The van der Waals surface area contributed by atoms with Gasteiger partial charge in [-0.1, -0.05) is 23.7 Å². The van der Waals surface area contributed by atoms with Crippen molar-refractivity contribution in [3.63, 3.8) is 0 Å². The Bertz CT molecular complexity index is 973. The third kappa shape index (κ3) is 4.25. The van der Waals surface area contributed by atoms with Gasteiger partial charge in [0.15, 0.2) is 0 Å². The van der Waals surface area contributed by atoms with Gasteiger partial charge in [0.2, 0.25) is 0 Å². The van der Waals surface area contributed by atoms with E-state index in [0.717, 1.165) is 23.9 Å². The first-order chi connectivity index (χ1) is 11.6. The van der Waals surface area contributed by atoms with Crippen molar-refractivity contribution in [1.82, 2.24) is 4.83 Å². The van der Waals surface area contributed by atoms with Crippen LogP contribution in [0.5, 0.6) is 5.75 Å². The monoisotopic (exact) mass is 382 g/mol. The lowest BCUT2D eigenvalue weighted by atomic mass is 10.2. The maximum Gasteiger partial charge on any atom is 0.276 e. The number of hydrazone groups is 1. The number of halogens is 1. The van der Waals surface area contributed by atoms with Crippen molar-refractivity contribution >= 4 is 33.5 Å². The van der Waals surface area contributed by atoms with E-state index in [1.54, 1.807) is 26.0 Å². The van der Waals surface area contributed by atoms with Gasteiger partial charge in [0.05, 0.1) is 16.0 Å². The lowest BCUT2D eigenvalue weighted by Crippen LogP contribution is -2.19. The largest absolute Gasteiger partial charge is 0.867 e. The number of hydrogen-bond acceptors (Lipinski definition) is 6. The van der Waals surface area contributed by atoms with Crippen LogP contribution < -0.4 is 9.94 Å². The van der Waals surface area contributed by atoms with Crippen LogP contribution in [0.15, 0.2) is 40.3 Å². The van der Waals surface area contributed by atoms with Crippen LogP contribution in [0.25, 0.3) is 0 Å². The Morgan fingerprint density at radius 3 is 2.56 bits per heavy atom. The number of nitrogens with one attached hydrogen (secondary N) is 1. The van der Waals surface area contributed by atoms with E-state index >= 15 is 0 Å². The first-order valence-corrected chi connectivity index (χ1v) is 8.75. The van der Waals surface area contributed by atoms with Crippen LogP contribution in [0.2, 0.25) is 5.02 Å². The molecule has 0 heterocycles. The van der Waals surface area contributed by atoms with Crippen molar-refractivity contribution in [3.05, 3.63) is 62.2 Å².